The van der Waals surface area contributed by atoms with Crippen LogP contribution in [0.3, 0.4) is 0 Å². The summed E-state index contributed by atoms with van der Waals surface area (Å²) >= 11 is 0. The molecule has 2 rings (SSSR count). The van der Waals surface area contributed by atoms with Crippen LogP contribution in [0.25, 0.3) is 0 Å². The van der Waals surface area contributed by atoms with Crippen LogP contribution in [0, 0.1) is 5.92 Å². The minimum absolute atomic E-state index is 0.00290. The molecule has 0 aromatic rings. The Morgan fingerprint density at radius 1 is 1.19 bits per heavy atom. The third-order valence-corrected chi connectivity index (χ3v) is 4.81. The van der Waals surface area contributed by atoms with Crippen LogP contribution in [0.5, 0.6) is 0 Å². The van der Waals surface area contributed by atoms with E-state index in [1.165, 1.54) is 0 Å². The van der Waals surface area contributed by atoms with Crippen molar-refractivity contribution in [3.8, 4) is 0 Å². The molecule has 2 saturated heterocycles. The molecule has 2 fully saturated rings. The van der Waals surface area contributed by atoms with Gasteiger partial charge in [-0.15, -0.1) is 0 Å². The summed E-state index contributed by atoms with van der Waals surface area (Å²) in [6.07, 6.45) is 0.924. The quantitative estimate of drug-likeness (QED) is 0.760. The molecule has 3 atom stereocenters. The van der Waals surface area contributed by atoms with E-state index in [0.29, 0.717) is 38.6 Å². The molecule has 120 valence electrons. The van der Waals surface area contributed by atoms with Crippen LogP contribution >= 0.6 is 0 Å². The topological polar surface area (TPSA) is 84.3 Å². The van der Waals surface area contributed by atoms with Crippen molar-refractivity contribution >= 4 is 12.0 Å². The number of likely N-dealkylation sites (tertiary alicyclic amines) is 1. The number of hydrogen-bond donors (Lipinski definition) is 2. The van der Waals surface area contributed by atoms with E-state index < -0.39 is 12.0 Å². The third kappa shape index (κ3) is 3.29. The van der Waals surface area contributed by atoms with Gasteiger partial charge in [0.2, 0.25) is 0 Å². The Morgan fingerprint density at radius 2 is 1.81 bits per heavy atom. The molecule has 7 nitrogen and oxygen atoms in total. The second-order valence-electron chi connectivity index (χ2n) is 6.03. The molecule has 0 aliphatic carbocycles. The molecule has 0 spiro atoms. The zero-order chi connectivity index (χ0) is 15.6. The predicted octanol–water partition coefficient (Wildman–Crippen LogP) is -0.100. The highest BCUT2D eigenvalue weighted by Gasteiger charge is 2.37. The lowest BCUT2D eigenvalue weighted by molar-refractivity contribution is -0.143. The number of aliphatic hydroxyl groups is 1. The number of urea groups is 1. The van der Waals surface area contributed by atoms with Crippen molar-refractivity contribution in [3.63, 3.8) is 0 Å². The first kappa shape index (κ1) is 16.0. The Labute approximate surface area is 125 Å². The Balaban J connectivity index is 1.90. The normalized spacial score (nSPS) is 28.7. The SMILES string of the molecule is CC1CCN(C(=O)N2CCN(C(C)C(=O)O)CC2)C1CO. The van der Waals surface area contributed by atoms with Gasteiger partial charge in [-0.1, -0.05) is 6.92 Å². The Hall–Kier alpha value is -1.34. The van der Waals surface area contributed by atoms with Crippen molar-refractivity contribution in [2.24, 2.45) is 5.92 Å². The molecular weight excluding hydrogens is 274 g/mol. The molecule has 2 aliphatic rings. The van der Waals surface area contributed by atoms with E-state index in [4.69, 9.17) is 5.11 Å². The van der Waals surface area contributed by atoms with Gasteiger partial charge in [0.1, 0.15) is 6.04 Å². The van der Waals surface area contributed by atoms with E-state index in [1.54, 1.807) is 16.7 Å². The van der Waals surface area contributed by atoms with Crippen LogP contribution in [0.2, 0.25) is 0 Å². The molecule has 0 aromatic carbocycles. The fraction of sp³-hybridized carbons (Fsp3) is 0.857. The Kier molecular flexibility index (Phi) is 5.05. The number of piperazine rings is 1. The number of carbonyl (C=O) groups excluding carboxylic acids is 1. The molecule has 21 heavy (non-hydrogen) atoms. The number of carboxylic acids is 1. The third-order valence-electron chi connectivity index (χ3n) is 4.81. The molecule has 0 radical (unpaired) electrons. The van der Waals surface area contributed by atoms with Gasteiger partial charge in [0.15, 0.2) is 0 Å². The van der Waals surface area contributed by atoms with Gasteiger partial charge < -0.3 is 20.0 Å². The number of rotatable bonds is 3. The summed E-state index contributed by atoms with van der Waals surface area (Å²) in [6.45, 7) is 6.65. The number of aliphatic carboxylic acids is 1. The minimum Gasteiger partial charge on any atom is -0.480 e. The van der Waals surface area contributed by atoms with E-state index in [0.717, 1.165) is 6.42 Å². The maximum absolute atomic E-state index is 12.5. The predicted molar refractivity (Wildman–Crippen MR) is 77.0 cm³/mol. The van der Waals surface area contributed by atoms with E-state index in [1.807, 2.05) is 4.90 Å². The lowest BCUT2D eigenvalue weighted by atomic mass is 10.0. The fourth-order valence-corrected chi connectivity index (χ4v) is 3.16. The molecular formula is C14H25N3O4. The molecule has 7 heteroatoms. The van der Waals surface area contributed by atoms with Gasteiger partial charge in [0.05, 0.1) is 12.6 Å². The first-order valence-electron chi connectivity index (χ1n) is 7.59. The molecule has 2 aliphatic heterocycles. The largest absolute Gasteiger partial charge is 0.480 e. The molecule has 0 saturated carbocycles. The maximum Gasteiger partial charge on any atom is 0.320 e. The first-order chi connectivity index (χ1) is 9.95. The van der Waals surface area contributed by atoms with Crippen LogP contribution in [0.4, 0.5) is 4.79 Å². The minimum atomic E-state index is -0.830. The van der Waals surface area contributed by atoms with Gasteiger partial charge >= 0.3 is 12.0 Å². The summed E-state index contributed by atoms with van der Waals surface area (Å²) < 4.78 is 0. The second kappa shape index (κ2) is 6.62. The van der Waals surface area contributed by atoms with Crippen LogP contribution in [-0.2, 0) is 4.79 Å². The average molecular weight is 299 g/mol. The van der Waals surface area contributed by atoms with Crippen molar-refractivity contribution in [2.75, 3.05) is 39.3 Å². The average Bonchev–Trinajstić information content (AvgIpc) is 2.86. The number of carboxylic acid groups (broad SMARTS) is 1. The van der Waals surface area contributed by atoms with Crippen LogP contribution in [-0.4, -0.2) is 88.3 Å². The molecule has 0 aromatic heterocycles. The zero-order valence-electron chi connectivity index (χ0n) is 12.7. The monoisotopic (exact) mass is 299 g/mol. The van der Waals surface area contributed by atoms with Crippen molar-refractivity contribution in [2.45, 2.75) is 32.4 Å². The summed E-state index contributed by atoms with van der Waals surface area (Å²) in [5, 5.41) is 18.5. The lowest BCUT2D eigenvalue weighted by Crippen LogP contribution is -2.56. The highest BCUT2D eigenvalue weighted by Crippen LogP contribution is 2.25. The Bertz CT molecular complexity index is 396. The summed E-state index contributed by atoms with van der Waals surface area (Å²) in [6, 6.07) is -0.631. The van der Waals surface area contributed by atoms with Gasteiger partial charge in [0.25, 0.3) is 0 Å². The van der Waals surface area contributed by atoms with E-state index in [-0.39, 0.29) is 18.7 Å². The highest BCUT2D eigenvalue weighted by molar-refractivity contribution is 5.75. The van der Waals surface area contributed by atoms with Crippen LogP contribution in [0.15, 0.2) is 0 Å². The number of carbonyl (C=O) groups is 2. The summed E-state index contributed by atoms with van der Waals surface area (Å²) in [5.74, 6) is -0.504. The maximum atomic E-state index is 12.5. The van der Waals surface area contributed by atoms with Crippen molar-refractivity contribution in [3.05, 3.63) is 0 Å². The molecule has 3 unspecified atom stereocenters. The summed E-state index contributed by atoms with van der Waals surface area (Å²) in [7, 11) is 0. The van der Waals surface area contributed by atoms with Gasteiger partial charge in [-0.05, 0) is 19.3 Å². The fourth-order valence-electron chi connectivity index (χ4n) is 3.16. The first-order valence-corrected chi connectivity index (χ1v) is 7.59. The van der Waals surface area contributed by atoms with E-state index >= 15 is 0 Å². The van der Waals surface area contributed by atoms with Crippen LogP contribution in [0.1, 0.15) is 20.3 Å². The van der Waals surface area contributed by atoms with Crippen molar-refractivity contribution in [1.29, 1.82) is 0 Å². The zero-order valence-corrected chi connectivity index (χ0v) is 12.7. The highest BCUT2D eigenvalue weighted by atomic mass is 16.4. The smallest absolute Gasteiger partial charge is 0.320 e. The standard InChI is InChI=1S/C14H25N3O4/c1-10-3-4-17(12(10)9-18)14(21)16-7-5-15(6-8-16)11(2)13(19)20/h10-12,18H,3-9H2,1-2H3,(H,19,20). The van der Waals surface area contributed by atoms with E-state index in [2.05, 4.69) is 6.92 Å². The van der Waals surface area contributed by atoms with E-state index in [9.17, 15) is 14.7 Å². The number of hydrogen-bond acceptors (Lipinski definition) is 4. The van der Waals surface area contributed by atoms with Gasteiger partial charge in [0, 0.05) is 32.7 Å². The Morgan fingerprint density at radius 3 is 2.33 bits per heavy atom. The van der Waals surface area contributed by atoms with Gasteiger partial charge in [-0.25, -0.2) is 4.79 Å². The molecule has 2 amide bonds. The molecule has 2 N–H and O–H groups in total. The second-order valence-corrected chi connectivity index (χ2v) is 6.03. The van der Waals surface area contributed by atoms with Crippen molar-refractivity contribution in [1.82, 2.24) is 14.7 Å². The number of aliphatic hydroxyl groups excluding tert-OH is 1. The molecule has 2 heterocycles. The van der Waals surface area contributed by atoms with Crippen LogP contribution < -0.4 is 0 Å². The van der Waals surface area contributed by atoms with Gasteiger partial charge in [-0.3, -0.25) is 9.69 Å². The number of amides is 2. The van der Waals surface area contributed by atoms with Crippen molar-refractivity contribution < 1.29 is 19.8 Å². The van der Waals surface area contributed by atoms with Gasteiger partial charge in [-0.2, -0.15) is 0 Å². The summed E-state index contributed by atoms with van der Waals surface area (Å²) in [5.41, 5.74) is 0. The number of nitrogens with zero attached hydrogens (tertiary/aromatic N) is 3. The lowest BCUT2D eigenvalue weighted by Gasteiger charge is -2.39. The molecule has 0 bridgehead atoms. The summed E-state index contributed by atoms with van der Waals surface area (Å²) in [4.78, 5) is 28.9.